The second kappa shape index (κ2) is 4.20. The number of barbiturate groups is 1. The minimum absolute atomic E-state index is 0. The van der Waals surface area contributed by atoms with E-state index in [4.69, 9.17) is 0 Å². The zero-order valence-electron chi connectivity index (χ0n) is 6.68. The van der Waals surface area contributed by atoms with Crippen molar-refractivity contribution in [3.63, 3.8) is 0 Å². The summed E-state index contributed by atoms with van der Waals surface area (Å²) in [5.74, 6) is -0.892. The first-order valence-corrected chi connectivity index (χ1v) is 3.11. The fraction of sp³-hybridized carbons (Fsp3) is 0.500. The molecule has 0 spiro atoms. The van der Waals surface area contributed by atoms with Crippen LogP contribution in [0.1, 0.15) is 6.42 Å². The SMILES string of the molecule is CN1C(=O)CC(=O)N(C)C1=O.[Ar]. The molecule has 6 heteroatoms. The molecular formula is C6H8ArN2O3. The van der Waals surface area contributed by atoms with E-state index in [1.54, 1.807) is 0 Å². The van der Waals surface area contributed by atoms with Gasteiger partial charge in [-0.3, -0.25) is 19.4 Å². The van der Waals surface area contributed by atoms with Crippen molar-refractivity contribution in [3.05, 3.63) is 0 Å². The number of rotatable bonds is 0. The molecule has 5 nitrogen and oxygen atoms in total. The summed E-state index contributed by atoms with van der Waals surface area (Å²) in [5.41, 5.74) is 0. The largest absolute Gasteiger partial charge is 0.332 e. The predicted octanol–water partition coefficient (Wildman–Crippen LogP) is -0.573. The average molecular weight is 196 g/mol. The minimum Gasteiger partial charge on any atom is -0.274 e. The van der Waals surface area contributed by atoms with Crippen LogP contribution in [0.5, 0.6) is 0 Å². The molecule has 1 aliphatic rings. The number of hydrogen-bond donors (Lipinski definition) is 0. The molecule has 1 rings (SSSR count). The molecule has 1 saturated heterocycles. The van der Waals surface area contributed by atoms with Gasteiger partial charge >= 0.3 is 6.03 Å². The third-order valence-corrected chi connectivity index (χ3v) is 1.62. The average Bonchev–Trinajstić information content (AvgIpc) is 1.97. The van der Waals surface area contributed by atoms with Gasteiger partial charge in [0.15, 0.2) is 0 Å². The third kappa shape index (κ3) is 1.97. The molecule has 1 heterocycles. The van der Waals surface area contributed by atoms with Gasteiger partial charge in [-0.1, -0.05) is 0 Å². The number of imide groups is 2. The van der Waals surface area contributed by atoms with Crippen molar-refractivity contribution in [3.8, 4) is 0 Å². The quantitative estimate of drug-likeness (QED) is 0.487. The van der Waals surface area contributed by atoms with Gasteiger partial charge in [-0.2, -0.15) is 0 Å². The van der Waals surface area contributed by atoms with E-state index >= 15 is 0 Å². The van der Waals surface area contributed by atoms with Crippen LogP contribution in [0.25, 0.3) is 0 Å². The summed E-state index contributed by atoms with van der Waals surface area (Å²) >= 11 is 0. The summed E-state index contributed by atoms with van der Waals surface area (Å²) in [6.45, 7) is 0. The molecule has 1 aliphatic heterocycles. The Morgan fingerprint density at radius 2 is 1.33 bits per heavy atom. The Morgan fingerprint density at radius 3 is 1.67 bits per heavy atom. The van der Waals surface area contributed by atoms with Crippen LogP contribution >= 0.6 is 0 Å². The van der Waals surface area contributed by atoms with E-state index in [2.05, 4.69) is 0 Å². The number of carbonyl (C=O) groups excluding carboxylic acids is 3. The normalized spacial score (nSPS) is 18.0. The third-order valence-electron chi connectivity index (χ3n) is 1.62. The second-order valence-corrected chi connectivity index (χ2v) is 2.36. The topological polar surface area (TPSA) is 57.7 Å². The minimum atomic E-state index is -0.564. The van der Waals surface area contributed by atoms with Crippen LogP contribution in [-0.2, 0) is 9.59 Å². The van der Waals surface area contributed by atoms with Crippen molar-refractivity contribution >= 4 is 17.8 Å². The van der Waals surface area contributed by atoms with E-state index in [1.807, 2.05) is 0 Å². The summed E-state index contributed by atoms with van der Waals surface area (Å²) in [6, 6.07) is -0.564. The Balaban J connectivity index is 0.00000121. The molecule has 12 heavy (non-hydrogen) atoms. The molecule has 0 aliphatic carbocycles. The molecule has 0 N–H and O–H groups in total. The molecule has 0 radical (unpaired) electrons. The first-order valence-electron chi connectivity index (χ1n) is 3.11. The van der Waals surface area contributed by atoms with Crippen LogP contribution in [0, 0.1) is 37.7 Å². The monoisotopic (exact) mass is 196 g/mol. The summed E-state index contributed by atoms with van der Waals surface area (Å²) in [6.07, 6.45) is -0.210. The van der Waals surface area contributed by atoms with Crippen LogP contribution in [-0.4, -0.2) is 41.7 Å². The van der Waals surface area contributed by atoms with Crippen molar-refractivity contribution in [2.75, 3.05) is 14.1 Å². The smallest absolute Gasteiger partial charge is 0.274 e. The van der Waals surface area contributed by atoms with Gasteiger partial charge in [0.2, 0.25) is 11.8 Å². The van der Waals surface area contributed by atoms with Gasteiger partial charge in [-0.05, 0) is 0 Å². The molecular weight excluding hydrogens is 188 g/mol. The maximum atomic E-state index is 11.0. The maximum Gasteiger partial charge on any atom is 0.332 e. The van der Waals surface area contributed by atoms with E-state index in [0.717, 1.165) is 9.80 Å². The predicted molar refractivity (Wildman–Crippen MR) is 35.6 cm³/mol. The molecule has 0 unspecified atom stereocenters. The van der Waals surface area contributed by atoms with E-state index in [0.29, 0.717) is 0 Å². The first-order chi connectivity index (χ1) is 5.04. The summed E-state index contributed by atoms with van der Waals surface area (Å²) in [5, 5.41) is 0. The fourth-order valence-corrected chi connectivity index (χ4v) is 0.805. The van der Waals surface area contributed by atoms with Gasteiger partial charge in [-0.15, -0.1) is 0 Å². The Labute approximate surface area is 99.7 Å². The maximum absolute atomic E-state index is 11.0. The van der Waals surface area contributed by atoms with Crippen molar-refractivity contribution < 1.29 is 52.1 Å². The molecule has 1 fully saturated rings. The van der Waals surface area contributed by atoms with Crippen molar-refractivity contribution in [1.29, 1.82) is 0 Å². The first kappa shape index (κ1) is 11.9. The van der Waals surface area contributed by atoms with Crippen molar-refractivity contribution in [2.24, 2.45) is 0 Å². The van der Waals surface area contributed by atoms with E-state index in [9.17, 15) is 14.4 Å². The number of hydrogen-bond acceptors (Lipinski definition) is 3. The molecule has 0 aromatic carbocycles. The summed E-state index contributed by atoms with van der Waals surface area (Å²) in [7, 11) is 2.71. The second-order valence-electron chi connectivity index (χ2n) is 2.36. The Bertz CT molecular complexity index is 219. The van der Waals surface area contributed by atoms with Crippen molar-refractivity contribution in [2.45, 2.75) is 6.42 Å². The van der Waals surface area contributed by atoms with E-state index in [1.165, 1.54) is 14.1 Å². The summed E-state index contributed by atoms with van der Waals surface area (Å²) < 4.78 is 0. The van der Waals surface area contributed by atoms with Gasteiger partial charge in [0.25, 0.3) is 0 Å². The Morgan fingerprint density at radius 1 is 1.00 bits per heavy atom. The zero-order chi connectivity index (χ0) is 8.59. The van der Waals surface area contributed by atoms with E-state index < -0.39 is 17.8 Å². The Kier molecular flexibility index (Phi) is 4.16. The standard InChI is InChI=1S/C6H8N2O3.Ar/c1-7-4(9)3-5(10)8(2)6(7)11;/h3H2,1-2H3;. The number of carbonyl (C=O) groups is 3. The molecule has 4 amide bonds. The zero-order valence-corrected chi connectivity index (χ0v) is 7.39. The number of urea groups is 1. The van der Waals surface area contributed by atoms with Crippen LogP contribution in [0.2, 0.25) is 0 Å². The summed E-state index contributed by atoms with van der Waals surface area (Å²) in [4.78, 5) is 34.5. The van der Waals surface area contributed by atoms with E-state index in [-0.39, 0.29) is 44.2 Å². The molecule has 68 valence electrons. The van der Waals surface area contributed by atoms with Crippen LogP contribution < -0.4 is 0 Å². The molecule has 0 aromatic heterocycles. The molecule has 0 bridgehead atoms. The van der Waals surface area contributed by atoms with Gasteiger partial charge in [-0.25, -0.2) is 4.79 Å². The van der Waals surface area contributed by atoms with Gasteiger partial charge in [0.05, 0.1) is 0 Å². The van der Waals surface area contributed by atoms with Gasteiger partial charge in [0.1, 0.15) is 6.42 Å². The van der Waals surface area contributed by atoms with Gasteiger partial charge < -0.3 is 0 Å². The van der Waals surface area contributed by atoms with Crippen LogP contribution in [0.4, 0.5) is 4.79 Å². The van der Waals surface area contributed by atoms with Crippen LogP contribution in [0.15, 0.2) is 0 Å². The fourth-order valence-electron chi connectivity index (χ4n) is 0.805. The van der Waals surface area contributed by atoms with Gasteiger partial charge in [0, 0.05) is 51.8 Å². The molecule has 0 atom stereocenters. The molecule has 0 saturated carbocycles. The van der Waals surface area contributed by atoms with Crippen molar-refractivity contribution in [1.82, 2.24) is 9.80 Å². The molecule has 0 aromatic rings. The number of nitrogens with zero attached hydrogens (tertiary/aromatic N) is 2. The Hall–Kier alpha value is -0.130. The number of amides is 4. The van der Waals surface area contributed by atoms with Crippen LogP contribution in [0.3, 0.4) is 0 Å².